The van der Waals surface area contributed by atoms with Crippen molar-refractivity contribution in [2.45, 2.75) is 38.6 Å². The lowest BCUT2D eigenvalue weighted by Gasteiger charge is -2.31. The maximum Gasteiger partial charge on any atom is 0.573 e. The van der Waals surface area contributed by atoms with Crippen LogP contribution in [-0.4, -0.2) is 50.4 Å². The van der Waals surface area contributed by atoms with Crippen molar-refractivity contribution in [2.24, 2.45) is 5.92 Å². The van der Waals surface area contributed by atoms with E-state index < -0.39 is 6.36 Å². The first-order valence-electron chi connectivity index (χ1n) is 9.29. The first-order chi connectivity index (χ1) is 12.8. The van der Waals surface area contributed by atoms with Gasteiger partial charge in [0.2, 0.25) is 5.91 Å². The van der Waals surface area contributed by atoms with Crippen LogP contribution in [0.5, 0.6) is 5.75 Å². The fourth-order valence-electron chi connectivity index (χ4n) is 3.31. The Morgan fingerprint density at radius 3 is 2.39 bits per heavy atom. The fraction of sp³-hybridized carbons (Fsp3) is 0.632. The Morgan fingerprint density at radius 1 is 1.25 bits per heavy atom. The number of carbonyl (C=O) groups excluding carboxylic acids is 1. The van der Waals surface area contributed by atoms with Gasteiger partial charge in [-0.15, -0.1) is 25.6 Å². The number of ether oxygens (including phenoxy) is 1. The number of amides is 1. The molecule has 1 amide bonds. The highest BCUT2D eigenvalue weighted by atomic mass is 35.5. The zero-order chi connectivity index (χ0) is 19.9. The number of piperidine rings is 1. The molecule has 0 aromatic heterocycles. The smallest absolute Gasteiger partial charge is 0.406 e. The van der Waals surface area contributed by atoms with Crippen molar-refractivity contribution in [1.82, 2.24) is 15.5 Å². The third-order valence-electron chi connectivity index (χ3n) is 4.87. The summed E-state index contributed by atoms with van der Waals surface area (Å²) in [5.41, 5.74) is 0.726. The van der Waals surface area contributed by atoms with E-state index in [1.165, 1.54) is 30.7 Å². The van der Waals surface area contributed by atoms with E-state index in [1.54, 1.807) is 0 Å². The summed E-state index contributed by atoms with van der Waals surface area (Å²) in [6.45, 7) is 5.01. The van der Waals surface area contributed by atoms with Gasteiger partial charge in [0.1, 0.15) is 5.75 Å². The van der Waals surface area contributed by atoms with Gasteiger partial charge in [-0.25, -0.2) is 0 Å². The van der Waals surface area contributed by atoms with Crippen LogP contribution in [0.2, 0.25) is 0 Å². The average molecular weight is 424 g/mol. The second-order valence-electron chi connectivity index (χ2n) is 7.02. The minimum Gasteiger partial charge on any atom is -0.406 e. The Bertz CT molecular complexity index is 591. The van der Waals surface area contributed by atoms with E-state index in [0.29, 0.717) is 12.5 Å². The third-order valence-corrected chi connectivity index (χ3v) is 4.87. The van der Waals surface area contributed by atoms with Crippen molar-refractivity contribution in [3.8, 4) is 5.75 Å². The van der Waals surface area contributed by atoms with Crippen LogP contribution in [-0.2, 0) is 4.79 Å². The Labute approximate surface area is 170 Å². The molecule has 1 aliphatic rings. The molecule has 1 fully saturated rings. The molecule has 1 atom stereocenters. The number of halogens is 4. The molecular formula is C19H29ClF3N3O2. The molecule has 0 bridgehead atoms. The Kier molecular flexibility index (Phi) is 10.1. The molecule has 1 aromatic rings. The van der Waals surface area contributed by atoms with Gasteiger partial charge in [-0.3, -0.25) is 9.69 Å². The van der Waals surface area contributed by atoms with E-state index in [2.05, 4.69) is 20.3 Å². The van der Waals surface area contributed by atoms with E-state index in [9.17, 15) is 18.0 Å². The monoisotopic (exact) mass is 423 g/mol. The van der Waals surface area contributed by atoms with Crippen molar-refractivity contribution < 1.29 is 22.7 Å². The topological polar surface area (TPSA) is 53.6 Å². The van der Waals surface area contributed by atoms with Crippen LogP contribution in [0.4, 0.5) is 13.2 Å². The highest BCUT2D eigenvalue weighted by molar-refractivity contribution is 5.85. The zero-order valence-corrected chi connectivity index (χ0v) is 17.0. The molecule has 0 aliphatic carbocycles. The summed E-state index contributed by atoms with van der Waals surface area (Å²) in [5, 5.41) is 6.07. The molecule has 28 heavy (non-hydrogen) atoms. The summed E-state index contributed by atoms with van der Waals surface area (Å²) in [4.78, 5) is 14.4. The predicted octanol–water partition coefficient (Wildman–Crippen LogP) is 3.51. The van der Waals surface area contributed by atoms with E-state index in [-0.39, 0.29) is 30.1 Å². The number of benzene rings is 1. The average Bonchev–Trinajstić information content (AvgIpc) is 2.60. The summed E-state index contributed by atoms with van der Waals surface area (Å²) in [7, 11) is 1.96. The van der Waals surface area contributed by atoms with Gasteiger partial charge < -0.3 is 15.4 Å². The molecule has 0 radical (unpaired) electrons. The molecule has 1 heterocycles. The largest absolute Gasteiger partial charge is 0.573 e. The summed E-state index contributed by atoms with van der Waals surface area (Å²) in [6, 6.07) is 5.27. The summed E-state index contributed by atoms with van der Waals surface area (Å²) in [5.74, 6) is 0.367. The van der Waals surface area contributed by atoms with Crippen molar-refractivity contribution in [2.75, 3.05) is 33.2 Å². The Balaban J connectivity index is 0.00000392. The molecular weight excluding hydrogens is 395 g/mol. The van der Waals surface area contributed by atoms with Crippen molar-refractivity contribution in [3.05, 3.63) is 29.8 Å². The Hall–Kier alpha value is -1.51. The number of hydrogen-bond acceptors (Lipinski definition) is 4. The predicted molar refractivity (Wildman–Crippen MR) is 105 cm³/mol. The first-order valence-corrected chi connectivity index (χ1v) is 9.29. The molecule has 1 aliphatic heterocycles. The van der Waals surface area contributed by atoms with Crippen LogP contribution < -0.4 is 15.4 Å². The number of nitrogens with zero attached hydrogens (tertiary/aromatic N) is 1. The molecule has 9 heteroatoms. The minimum atomic E-state index is -4.71. The van der Waals surface area contributed by atoms with Gasteiger partial charge in [-0.1, -0.05) is 12.1 Å². The van der Waals surface area contributed by atoms with Gasteiger partial charge in [-0.05, 0) is 76.5 Å². The van der Waals surface area contributed by atoms with E-state index in [0.717, 1.165) is 38.0 Å². The molecule has 1 unspecified atom stereocenters. The third kappa shape index (κ3) is 8.67. The minimum absolute atomic E-state index is 0. The van der Waals surface area contributed by atoms with Gasteiger partial charge in [0, 0.05) is 0 Å². The van der Waals surface area contributed by atoms with Gasteiger partial charge >= 0.3 is 6.36 Å². The van der Waals surface area contributed by atoms with Crippen molar-refractivity contribution >= 4 is 18.3 Å². The molecule has 0 saturated carbocycles. The van der Waals surface area contributed by atoms with Crippen molar-refractivity contribution in [1.29, 1.82) is 0 Å². The molecule has 1 saturated heterocycles. The van der Waals surface area contributed by atoms with Crippen LogP contribution in [0.25, 0.3) is 0 Å². The van der Waals surface area contributed by atoms with Gasteiger partial charge in [-0.2, -0.15) is 0 Å². The lowest BCUT2D eigenvalue weighted by Crippen LogP contribution is -2.42. The van der Waals surface area contributed by atoms with Crippen LogP contribution in [0.1, 0.15) is 37.8 Å². The molecule has 5 nitrogen and oxygen atoms in total. The number of carbonyl (C=O) groups is 1. The highest BCUT2D eigenvalue weighted by Crippen LogP contribution is 2.24. The second-order valence-corrected chi connectivity index (χ2v) is 7.02. The SMILES string of the molecule is CNCCC1CCN(CC(=O)NC(C)c2ccc(OC(F)(F)F)cc2)CC1.Cl. The summed E-state index contributed by atoms with van der Waals surface area (Å²) >= 11 is 0. The van der Waals surface area contributed by atoms with Gasteiger partial charge in [0.25, 0.3) is 0 Å². The maximum atomic E-state index is 12.3. The molecule has 1 aromatic carbocycles. The van der Waals surface area contributed by atoms with Gasteiger partial charge in [0.05, 0.1) is 12.6 Å². The second kappa shape index (κ2) is 11.5. The highest BCUT2D eigenvalue weighted by Gasteiger charge is 2.31. The summed E-state index contributed by atoms with van der Waals surface area (Å²) in [6.07, 6.45) is -1.33. The molecule has 0 spiro atoms. The number of alkyl halides is 3. The Morgan fingerprint density at radius 2 is 1.86 bits per heavy atom. The van der Waals surface area contributed by atoms with E-state index in [1.807, 2.05) is 14.0 Å². The number of hydrogen-bond donors (Lipinski definition) is 2. The van der Waals surface area contributed by atoms with Crippen LogP contribution in [0.15, 0.2) is 24.3 Å². The van der Waals surface area contributed by atoms with Crippen LogP contribution in [0, 0.1) is 5.92 Å². The maximum absolute atomic E-state index is 12.3. The molecule has 2 rings (SSSR count). The normalized spacial score (nSPS) is 16.9. The quantitative estimate of drug-likeness (QED) is 0.672. The lowest BCUT2D eigenvalue weighted by molar-refractivity contribution is -0.274. The fourth-order valence-corrected chi connectivity index (χ4v) is 3.31. The summed E-state index contributed by atoms with van der Waals surface area (Å²) < 4.78 is 40.4. The molecule has 2 N–H and O–H groups in total. The van der Waals surface area contributed by atoms with E-state index in [4.69, 9.17) is 0 Å². The number of rotatable bonds is 8. The lowest BCUT2D eigenvalue weighted by atomic mass is 9.93. The molecule has 160 valence electrons. The van der Waals surface area contributed by atoms with E-state index >= 15 is 0 Å². The number of likely N-dealkylation sites (tertiary alicyclic amines) is 1. The number of nitrogens with one attached hydrogen (secondary N) is 2. The van der Waals surface area contributed by atoms with Crippen molar-refractivity contribution in [3.63, 3.8) is 0 Å². The van der Waals surface area contributed by atoms with Crippen LogP contribution >= 0.6 is 12.4 Å². The van der Waals surface area contributed by atoms with Gasteiger partial charge in [0.15, 0.2) is 0 Å². The first kappa shape index (κ1) is 24.5. The van der Waals surface area contributed by atoms with Crippen LogP contribution in [0.3, 0.4) is 0 Å². The standard InChI is InChI=1S/C19H28F3N3O2.ClH/c1-14(16-3-5-17(6-4-16)27-19(20,21)22)24-18(26)13-25-11-8-15(9-12-25)7-10-23-2;/h3-6,14-15,23H,7-13H2,1-2H3,(H,24,26);1H. The zero-order valence-electron chi connectivity index (χ0n) is 16.2.